The van der Waals surface area contributed by atoms with Gasteiger partial charge in [0.1, 0.15) is 11.5 Å². The molecule has 0 aromatic heterocycles. The fraction of sp³-hybridized carbons (Fsp3) is 0.500. The zero-order valence-corrected chi connectivity index (χ0v) is 14.0. The Balaban J connectivity index is 2.31. The van der Waals surface area contributed by atoms with Gasteiger partial charge in [0.05, 0.1) is 12.0 Å². The lowest BCUT2D eigenvalue weighted by atomic mass is 10.00. The first-order valence-electron chi connectivity index (χ1n) is 7.51. The molecule has 1 aliphatic heterocycles. The number of ether oxygens (including phenoxy) is 2. The van der Waals surface area contributed by atoms with Crippen LogP contribution in [0.3, 0.4) is 0 Å². The molecule has 2 rings (SSSR count). The summed E-state index contributed by atoms with van der Waals surface area (Å²) in [5.41, 5.74) is 0.120. The van der Waals surface area contributed by atoms with E-state index in [2.05, 4.69) is 5.32 Å². The number of anilines is 1. The molecule has 0 radical (unpaired) electrons. The smallest absolute Gasteiger partial charge is 0.319 e. The van der Waals surface area contributed by atoms with Crippen LogP contribution in [0.5, 0.6) is 5.75 Å². The van der Waals surface area contributed by atoms with Crippen molar-refractivity contribution < 1.29 is 24.0 Å². The van der Waals surface area contributed by atoms with Crippen molar-refractivity contribution in [1.82, 2.24) is 0 Å². The molecule has 1 N–H and O–H groups in total. The van der Waals surface area contributed by atoms with E-state index in [1.165, 1.54) is 19.2 Å². The SMILES string of the molecule is COc1cc2c(cc1[N+](=O)[O-])CC[C@@H](C(=O)OC(C)(C)C)C(=O)N2. The molecule has 24 heavy (non-hydrogen) atoms. The van der Waals surface area contributed by atoms with Crippen LogP contribution in [-0.2, 0) is 20.7 Å². The van der Waals surface area contributed by atoms with Gasteiger partial charge in [-0.2, -0.15) is 0 Å². The predicted molar refractivity (Wildman–Crippen MR) is 85.9 cm³/mol. The fourth-order valence-corrected chi connectivity index (χ4v) is 2.49. The lowest BCUT2D eigenvalue weighted by molar-refractivity contribution is -0.385. The average molecular weight is 336 g/mol. The Morgan fingerprint density at radius 3 is 2.58 bits per heavy atom. The van der Waals surface area contributed by atoms with E-state index in [1.807, 2.05) is 0 Å². The summed E-state index contributed by atoms with van der Waals surface area (Å²) < 4.78 is 10.3. The third-order valence-electron chi connectivity index (χ3n) is 3.57. The number of esters is 1. The molecule has 0 bridgehead atoms. The summed E-state index contributed by atoms with van der Waals surface area (Å²) in [4.78, 5) is 35.1. The number of fused-ring (bicyclic) bond motifs is 1. The van der Waals surface area contributed by atoms with Crippen LogP contribution >= 0.6 is 0 Å². The van der Waals surface area contributed by atoms with Crippen LogP contribution in [0.4, 0.5) is 11.4 Å². The summed E-state index contributed by atoms with van der Waals surface area (Å²) >= 11 is 0. The van der Waals surface area contributed by atoms with Gasteiger partial charge in [-0.1, -0.05) is 0 Å². The van der Waals surface area contributed by atoms with Gasteiger partial charge in [-0.05, 0) is 39.2 Å². The van der Waals surface area contributed by atoms with Gasteiger partial charge in [0.25, 0.3) is 0 Å². The van der Waals surface area contributed by atoms with Gasteiger partial charge in [0, 0.05) is 17.8 Å². The van der Waals surface area contributed by atoms with Gasteiger partial charge < -0.3 is 14.8 Å². The molecule has 1 aromatic carbocycles. The summed E-state index contributed by atoms with van der Waals surface area (Å²) in [7, 11) is 1.32. The highest BCUT2D eigenvalue weighted by molar-refractivity contribution is 6.06. The molecule has 130 valence electrons. The summed E-state index contributed by atoms with van der Waals surface area (Å²) in [5, 5.41) is 13.7. The molecule has 1 aliphatic rings. The highest BCUT2D eigenvalue weighted by atomic mass is 16.6. The van der Waals surface area contributed by atoms with Crippen molar-refractivity contribution in [1.29, 1.82) is 0 Å². The van der Waals surface area contributed by atoms with E-state index in [1.54, 1.807) is 20.8 Å². The van der Waals surface area contributed by atoms with Crippen LogP contribution in [0.2, 0.25) is 0 Å². The van der Waals surface area contributed by atoms with Crippen molar-refractivity contribution in [2.75, 3.05) is 12.4 Å². The van der Waals surface area contributed by atoms with Crippen LogP contribution in [0.1, 0.15) is 32.8 Å². The molecule has 0 aliphatic carbocycles. The number of hydrogen-bond acceptors (Lipinski definition) is 6. The summed E-state index contributed by atoms with van der Waals surface area (Å²) in [6, 6.07) is 2.77. The minimum Gasteiger partial charge on any atom is -0.490 e. The van der Waals surface area contributed by atoms with Crippen molar-refractivity contribution in [3.8, 4) is 5.75 Å². The Kier molecular flexibility index (Phi) is 4.77. The first kappa shape index (κ1) is 17.7. The van der Waals surface area contributed by atoms with Crippen LogP contribution in [0.15, 0.2) is 12.1 Å². The highest BCUT2D eigenvalue weighted by Gasteiger charge is 2.34. The quantitative estimate of drug-likeness (QED) is 0.393. The number of amides is 1. The third kappa shape index (κ3) is 3.81. The molecular formula is C16H20N2O6. The van der Waals surface area contributed by atoms with Gasteiger partial charge in [-0.3, -0.25) is 19.7 Å². The molecule has 0 saturated heterocycles. The van der Waals surface area contributed by atoms with Crippen molar-refractivity contribution in [3.05, 3.63) is 27.8 Å². The maximum Gasteiger partial charge on any atom is 0.319 e. The molecule has 1 aromatic rings. The minimum atomic E-state index is -0.957. The highest BCUT2D eigenvalue weighted by Crippen LogP contribution is 2.36. The van der Waals surface area contributed by atoms with E-state index in [0.717, 1.165) is 0 Å². The van der Waals surface area contributed by atoms with E-state index in [0.29, 0.717) is 17.7 Å². The molecule has 0 saturated carbocycles. The van der Waals surface area contributed by atoms with Gasteiger partial charge in [-0.25, -0.2) is 0 Å². The standard InChI is InChI=1S/C16H20N2O6/c1-16(2,3)24-15(20)10-6-5-9-7-12(18(21)22)13(23-4)8-11(9)17-14(10)19/h7-8,10H,5-6H2,1-4H3,(H,17,19)/t10-/m1/s1. The number of benzene rings is 1. The van der Waals surface area contributed by atoms with Crippen LogP contribution in [-0.4, -0.2) is 29.5 Å². The Hall–Kier alpha value is -2.64. The van der Waals surface area contributed by atoms with Gasteiger partial charge >= 0.3 is 11.7 Å². The Morgan fingerprint density at radius 2 is 2.04 bits per heavy atom. The summed E-state index contributed by atoms with van der Waals surface area (Å²) in [6.45, 7) is 5.17. The number of nitrogens with one attached hydrogen (secondary N) is 1. The van der Waals surface area contributed by atoms with E-state index in [-0.39, 0.29) is 17.9 Å². The van der Waals surface area contributed by atoms with Crippen molar-refractivity contribution in [2.24, 2.45) is 5.92 Å². The number of nitro benzene ring substituents is 1. The average Bonchev–Trinajstić information content (AvgIpc) is 2.61. The maximum atomic E-state index is 12.3. The van der Waals surface area contributed by atoms with Crippen LogP contribution < -0.4 is 10.1 Å². The number of nitrogens with zero attached hydrogens (tertiary/aromatic N) is 1. The van der Waals surface area contributed by atoms with Crippen LogP contribution in [0.25, 0.3) is 0 Å². The van der Waals surface area contributed by atoms with Gasteiger partial charge in [-0.15, -0.1) is 0 Å². The van der Waals surface area contributed by atoms with Crippen molar-refractivity contribution >= 4 is 23.3 Å². The minimum absolute atomic E-state index is 0.0507. The van der Waals surface area contributed by atoms with E-state index in [4.69, 9.17) is 9.47 Å². The Labute approximate surface area is 139 Å². The van der Waals surface area contributed by atoms with Gasteiger partial charge in [0.2, 0.25) is 5.91 Å². The second-order valence-electron chi connectivity index (χ2n) is 6.55. The first-order chi connectivity index (χ1) is 11.1. The first-order valence-corrected chi connectivity index (χ1v) is 7.51. The third-order valence-corrected chi connectivity index (χ3v) is 3.57. The Bertz CT molecular complexity index is 693. The van der Waals surface area contributed by atoms with Crippen molar-refractivity contribution in [2.45, 2.75) is 39.2 Å². The molecule has 1 amide bonds. The van der Waals surface area contributed by atoms with Crippen molar-refractivity contribution in [3.63, 3.8) is 0 Å². The van der Waals surface area contributed by atoms with E-state index < -0.39 is 28.3 Å². The number of methoxy groups -OCH3 is 1. The fourth-order valence-electron chi connectivity index (χ4n) is 2.49. The topological polar surface area (TPSA) is 108 Å². The lowest BCUT2D eigenvalue weighted by Gasteiger charge is -2.22. The molecular weight excluding hydrogens is 316 g/mol. The number of carbonyl (C=O) groups is 2. The Morgan fingerprint density at radius 1 is 1.38 bits per heavy atom. The monoisotopic (exact) mass is 336 g/mol. The maximum absolute atomic E-state index is 12.3. The molecule has 8 heteroatoms. The van der Waals surface area contributed by atoms with Gasteiger partial charge in [0.15, 0.2) is 5.75 Å². The van der Waals surface area contributed by atoms with Crippen LogP contribution in [0, 0.1) is 16.0 Å². The van der Waals surface area contributed by atoms with E-state index in [9.17, 15) is 19.7 Å². The zero-order chi connectivity index (χ0) is 18.1. The van der Waals surface area contributed by atoms with E-state index >= 15 is 0 Å². The summed E-state index contributed by atoms with van der Waals surface area (Å²) in [6.07, 6.45) is 0.556. The molecule has 0 spiro atoms. The molecule has 1 atom stereocenters. The largest absolute Gasteiger partial charge is 0.490 e. The second kappa shape index (κ2) is 6.46. The predicted octanol–water partition coefficient (Wildman–Crippen LogP) is 2.45. The second-order valence-corrected chi connectivity index (χ2v) is 6.55. The lowest BCUT2D eigenvalue weighted by Crippen LogP contribution is -2.35. The molecule has 0 fully saturated rings. The zero-order valence-electron chi connectivity index (χ0n) is 14.0. The number of nitro groups is 1. The molecule has 1 heterocycles. The number of carbonyl (C=O) groups excluding carboxylic acids is 2. The molecule has 0 unspecified atom stereocenters. The number of hydrogen-bond donors (Lipinski definition) is 1. The normalized spacial score (nSPS) is 17.3. The molecule has 8 nitrogen and oxygen atoms in total. The summed E-state index contributed by atoms with van der Waals surface area (Å²) in [5.74, 6) is -2.00. The number of rotatable bonds is 3. The number of aryl methyl sites for hydroxylation is 1.